The van der Waals surface area contributed by atoms with Crippen molar-refractivity contribution in [3.05, 3.63) is 64.2 Å². The van der Waals surface area contributed by atoms with Gasteiger partial charge >= 0.3 is 5.97 Å². The smallest absolute Gasteiger partial charge is 0.331 e. The topological polar surface area (TPSA) is 117 Å². The van der Waals surface area contributed by atoms with E-state index in [1.807, 2.05) is 0 Å². The minimum Gasteiger partial charge on any atom is -0.497 e. The van der Waals surface area contributed by atoms with E-state index < -0.39 is 22.9 Å². The fourth-order valence-corrected chi connectivity index (χ4v) is 2.29. The van der Waals surface area contributed by atoms with Crippen molar-refractivity contribution in [2.24, 2.45) is 0 Å². The summed E-state index contributed by atoms with van der Waals surface area (Å²) in [5, 5.41) is 13.4. The first-order chi connectivity index (χ1) is 13.8. The van der Waals surface area contributed by atoms with Gasteiger partial charge in [-0.2, -0.15) is 0 Å². The minimum absolute atomic E-state index is 0.100. The van der Waals surface area contributed by atoms with Crippen molar-refractivity contribution >= 4 is 29.3 Å². The molecule has 0 fully saturated rings. The third-order valence-corrected chi connectivity index (χ3v) is 3.84. The Kier molecular flexibility index (Phi) is 7.30. The molecule has 0 aliphatic rings. The van der Waals surface area contributed by atoms with Crippen LogP contribution in [0.2, 0.25) is 0 Å². The van der Waals surface area contributed by atoms with Crippen molar-refractivity contribution < 1.29 is 28.7 Å². The number of non-ortho nitro benzene ring substituents is 1. The number of carbonyl (C=O) groups excluding carboxylic acids is 2. The number of hydrogen-bond acceptors (Lipinski definition) is 7. The van der Waals surface area contributed by atoms with Crippen LogP contribution in [-0.4, -0.2) is 37.1 Å². The van der Waals surface area contributed by atoms with Crippen molar-refractivity contribution in [1.29, 1.82) is 0 Å². The Balaban J connectivity index is 1.99. The number of benzene rings is 2. The van der Waals surface area contributed by atoms with Gasteiger partial charge in [0.05, 0.1) is 24.8 Å². The van der Waals surface area contributed by atoms with E-state index >= 15 is 0 Å². The number of carbonyl (C=O) groups is 2. The fraction of sp³-hybridized carbons (Fsp3) is 0.200. The zero-order valence-electron chi connectivity index (χ0n) is 16.1. The van der Waals surface area contributed by atoms with E-state index in [1.54, 1.807) is 31.4 Å². The van der Waals surface area contributed by atoms with Crippen LogP contribution in [0.25, 0.3) is 6.08 Å². The molecule has 0 heterocycles. The molecule has 152 valence electrons. The van der Waals surface area contributed by atoms with Crippen LogP contribution in [0.1, 0.15) is 12.5 Å². The second-order valence-corrected chi connectivity index (χ2v) is 5.82. The molecule has 0 aliphatic heterocycles. The van der Waals surface area contributed by atoms with Crippen LogP contribution in [-0.2, 0) is 14.3 Å². The SMILES string of the molecule is COc1ccc(/C=C/C(=O)O[C@H](C)C(=O)Nc2cc([N+](=O)[O-])ccc2OC)cc1. The van der Waals surface area contributed by atoms with Gasteiger partial charge in [0.15, 0.2) is 6.10 Å². The van der Waals surface area contributed by atoms with Gasteiger partial charge in [0.1, 0.15) is 11.5 Å². The van der Waals surface area contributed by atoms with Crippen molar-refractivity contribution in [3.63, 3.8) is 0 Å². The van der Waals surface area contributed by atoms with Crippen molar-refractivity contribution in [3.8, 4) is 11.5 Å². The Morgan fingerprint density at radius 2 is 1.79 bits per heavy atom. The fourth-order valence-electron chi connectivity index (χ4n) is 2.29. The number of rotatable bonds is 8. The molecule has 0 unspecified atom stereocenters. The molecule has 1 N–H and O–H groups in total. The maximum Gasteiger partial charge on any atom is 0.331 e. The third kappa shape index (κ3) is 6.06. The van der Waals surface area contributed by atoms with Crippen LogP contribution in [0.3, 0.4) is 0 Å². The Morgan fingerprint density at radius 1 is 1.10 bits per heavy atom. The zero-order valence-corrected chi connectivity index (χ0v) is 16.1. The molecule has 0 aliphatic carbocycles. The highest BCUT2D eigenvalue weighted by Gasteiger charge is 2.20. The molecule has 2 rings (SSSR count). The van der Waals surface area contributed by atoms with Crippen LogP contribution in [0.15, 0.2) is 48.5 Å². The highest BCUT2D eigenvalue weighted by Crippen LogP contribution is 2.29. The molecule has 0 spiro atoms. The lowest BCUT2D eigenvalue weighted by molar-refractivity contribution is -0.384. The van der Waals surface area contributed by atoms with Gasteiger partial charge < -0.3 is 19.5 Å². The van der Waals surface area contributed by atoms with E-state index in [9.17, 15) is 19.7 Å². The Hall–Kier alpha value is -3.88. The summed E-state index contributed by atoms with van der Waals surface area (Å²) in [5.74, 6) is -0.446. The summed E-state index contributed by atoms with van der Waals surface area (Å²) in [4.78, 5) is 34.6. The molecule has 0 saturated carbocycles. The van der Waals surface area contributed by atoms with Gasteiger partial charge in [-0.05, 0) is 36.8 Å². The number of nitro benzene ring substituents is 1. The van der Waals surface area contributed by atoms with Gasteiger partial charge in [-0.1, -0.05) is 12.1 Å². The summed E-state index contributed by atoms with van der Waals surface area (Å²) < 4.78 is 15.2. The summed E-state index contributed by atoms with van der Waals surface area (Å²) in [6.45, 7) is 1.39. The Morgan fingerprint density at radius 3 is 2.38 bits per heavy atom. The lowest BCUT2D eigenvalue weighted by Gasteiger charge is -2.14. The normalized spacial score (nSPS) is 11.6. The molecule has 1 atom stereocenters. The number of amides is 1. The number of methoxy groups -OCH3 is 2. The first-order valence-electron chi connectivity index (χ1n) is 8.50. The largest absolute Gasteiger partial charge is 0.497 e. The van der Waals surface area contributed by atoms with Crippen LogP contribution >= 0.6 is 0 Å². The monoisotopic (exact) mass is 400 g/mol. The van der Waals surface area contributed by atoms with Gasteiger partial charge in [0.2, 0.25) is 0 Å². The van der Waals surface area contributed by atoms with Crippen LogP contribution in [0, 0.1) is 10.1 Å². The maximum atomic E-state index is 12.3. The third-order valence-electron chi connectivity index (χ3n) is 3.84. The molecular formula is C20H20N2O7. The number of hydrogen-bond donors (Lipinski definition) is 1. The molecule has 0 bridgehead atoms. The zero-order chi connectivity index (χ0) is 21.4. The molecule has 0 saturated heterocycles. The van der Waals surface area contributed by atoms with E-state index in [1.165, 1.54) is 38.3 Å². The quantitative estimate of drug-likeness (QED) is 0.313. The summed E-state index contributed by atoms with van der Waals surface area (Å²) in [7, 11) is 2.92. The van der Waals surface area contributed by atoms with Gasteiger partial charge in [0.25, 0.3) is 11.6 Å². The average molecular weight is 400 g/mol. The highest BCUT2D eigenvalue weighted by atomic mass is 16.6. The Labute approximate surface area is 167 Å². The molecular weight excluding hydrogens is 380 g/mol. The van der Waals surface area contributed by atoms with Crippen LogP contribution < -0.4 is 14.8 Å². The Bertz CT molecular complexity index is 923. The number of nitrogens with zero attached hydrogens (tertiary/aromatic N) is 1. The van der Waals surface area contributed by atoms with Crippen LogP contribution in [0.4, 0.5) is 11.4 Å². The number of anilines is 1. The summed E-state index contributed by atoms with van der Waals surface area (Å²) >= 11 is 0. The minimum atomic E-state index is -1.13. The number of nitro groups is 1. The van der Waals surface area contributed by atoms with Gasteiger partial charge in [-0.3, -0.25) is 14.9 Å². The van der Waals surface area contributed by atoms with E-state index in [4.69, 9.17) is 14.2 Å². The van der Waals surface area contributed by atoms with E-state index in [0.717, 1.165) is 11.6 Å². The van der Waals surface area contributed by atoms with E-state index in [0.29, 0.717) is 5.75 Å². The van der Waals surface area contributed by atoms with Gasteiger partial charge in [0, 0.05) is 18.2 Å². The molecule has 2 aromatic rings. The van der Waals surface area contributed by atoms with Crippen LogP contribution in [0.5, 0.6) is 11.5 Å². The molecule has 9 nitrogen and oxygen atoms in total. The average Bonchev–Trinajstić information content (AvgIpc) is 2.72. The predicted molar refractivity (Wildman–Crippen MR) is 106 cm³/mol. The molecule has 29 heavy (non-hydrogen) atoms. The van der Waals surface area contributed by atoms with Gasteiger partial charge in [-0.25, -0.2) is 4.79 Å². The molecule has 9 heteroatoms. The predicted octanol–water partition coefficient (Wildman–Crippen LogP) is 3.20. The lowest BCUT2D eigenvalue weighted by atomic mass is 10.2. The number of ether oxygens (including phenoxy) is 3. The first kappa shape index (κ1) is 21.4. The number of nitrogens with one attached hydrogen (secondary N) is 1. The summed E-state index contributed by atoms with van der Waals surface area (Å²) in [6.07, 6.45) is 1.60. The molecule has 2 aromatic carbocycles. The first-order valence-corrected chi connectivity index (χ1v) is 8.50. The van der Waals surface area contributed by atoms with Crippen molar-refractivity contribution in [2.45, 2.75) is 13.0 Å². The second kappa shape index (κ2) is 9.88. The van der Waals surface area contributed by atoms with E-state index in [2.05, 4.69) is 5.32 Å². The van der Waals surface area contributed by atoms with Gasteiger partial charge in [-0.15, -0.1) is 0 Å². The van der Waals surface area contributed by atoms with Crippen molar-refractivity contribution in [2.75, 3.05) is 19.5 Å². The van der Waals surface area contributed by atoms with E-state index in [-0.39, 0.29) is 17.1 Å². The highest BCUT2D eigenvalue weighted by molar-refractivity contribution is 5.97. The maximum absolute atomic E-state index is 12.3. The summed E-state index contributed by atoms with van der Waals surface area (Å²) in [6, 6.07) is 10.8. The molecule has 0 radical (unpaired) electrons. The molecule has 1 amide bonds. The standard InChI is InChI=1S/C20H20N2O7/c1-13(29-19(23)11-6-14-4-8-16(27-2)9-5-14)20(24)21-17-12-15(22(25)26)7-10-18(17)28-3/h4-13H,1-3H3,(H,21,24)/b11-6+/t13-/m1/s1. The second-order valence-electron chi connectivity index (χ2n) is 5.82. The van der Waals surface area contributed by atoms with Crippen molar-refractivity contribution in [1.82, 2.24) is 0 Å². The summed E-state index contributed by atoms with van der Waals surface area (Å²) in [5.41, 5.74) is 0.637. The molecule has 0 aromatic heterocycles. The lowest BCUT2D eigenvalue weighted by Crippen LogP contribution is -2.29. The number of esters is 1.